The molecule has 2 saturated heterocycles. The Hall–Kier alpha value is -3.34. The molecule has 5 rings (SSSR count). The summed E-state index contributed by atoms with van der Waals surface area (Å²) in [5.41, 5.74) is 7.55. The van der Waals surface area contributed by atoms with Crippen LogP contribution in [0.15, 0.2) is 36.4 Å². The fourth-order valence-corrected chi connectivity index (χ4v) is 7.31. The molecular formula is C45H66N2O11. The number of phenols is 3. The first-order valence-corrected chi connectivity index (χ1v) is 20.8. The Morgan fingerprint density at radius 1 is 0.345 bits per heavy atom. The number of hydrogen-bond donors (Lipinski definition) is 3. The third kappa shape index (κ3) is 15.7. The topological polar surface area (TPSA) is 141 Å². The number of rotatable bonds is 8. The van der Waals surface area contributed by atoms with Crippen LogP contribution in [-0.4, -0.2) is 157 Å². The number of ether oxygens (including phenoxy) is 8. The molecule has 3 aromatic rings. The van der Waals surface area contributed by atoms with E-state index < -0.39 is 0 Å². The molecule has 2 heterocycles. The molecule has 0 spiro atoms. The minimum Gasteiger partial charge on any atom is -0.507 e. The first-order chi connectivity index (χ1) is 28.3. The second kappa shape index (κ2) is 25.3. The highest BCUT2D eigenvalue weighted by Crippen LogP contribution is 2.35. The second-order valence-corrected chi connectivity index (χ2v) is 15.1. The number of aryl methyl sites for hydroxylation is 3. The molecule has 58 heavy (non-hydrogen) atoms. The molecule has 2 aliphatic rings. The van der Waals surface area contributed by atoms with Gasteiger partial charge in [-0.3, -0.25) is 9.80 Å². The largest absolute Gasteiger partial charge is 0.507 e. The smallest absolute Gasteiger partial charge is 0.123 e. The quantitative estimate of drug-likeness (QED) is 0.291. The molecule has 0 amide bonds. The lowest BCUT2D eigenvalue weighted by Crippen LogP contribution is -2.31. The van der Waals surface area contributed by atoms with Gasteiger partial charge < -0.3 is 53.2 Å². The first-order valence-electron chi connectivity index (χ1n) is 20.8. The molecule has 3 aromatic carbocycles. The van der Waals surface area contributed by atoms with Crippen LogP contribution in [0.5, 0.6) is 17.2 Å². The predicted molar refractivity (Wildman–Crippen MR) is 221 cm³/mol. The summed E-state index contributed by atoms with van der Waals surface area (Å²) in [6.45, 7) is 18.1. The normalized spacial score (nSPS) is 19.1. The average molecular weight is 811 g/mol. The monoisotopic (exact) mass is 810 g/mol. The molecule has 0 atom stereocenters. The zero-order valence-electron chi connectivity index (χ0n) is 34.9. The van der Waals surface area contributed by atoms with Crippen LogP contribution in [0.3, 0.4) is 0 Å². The minimum atomic E-state index is 0.163. The zero-order chi connectivity index (χ0) is 41.0. The second-order valence-electron chi connectivity index (χ2n) is 15.1. The van der Waals surface area contributed by atoms with Crippen LogP contribution in [0.4, 0.5) is 0 Å². The van der Waals surface area contributed by atoms with Crippen LogP contribution < -0.4 is 0 Å². The SMILES string of the molecule is Cc1cc(Cc2cc(C)cc(CN3CCOCCOCCOCCOCC3)c2O)c(O)c(Cc2cc(C)cc(CN3CCOCCOCCOCCOCC3)c2O)c1. The highest BCUT2D eigenvalue weighted by molar-refractivity contribution is 5.53. The van der Waals surface area contributed by atoms with Crippen molar-refractivity contribution in [3.63, 3.8) is 0 Å². The van der Waals surface area contributed by atoms with Crippen LogP contribution in [0.25, 0.3) is 0 Å². The van der Waals surface area contributed by atoms with Crippen molar-refractivity contribution < 1.29 is 53.2 Å². The number of nitrogens with zero attached hydrogens (tertiary/aromatic N) is 2. The summed E-state index contributed by atoms with van der Waals surface area (Å²) in [4.78, 5) is 4.44. The maximum absolute atomic E-state index is 11.8. The van der Waals surface area contributed by atoms with Crippen molar-refractivity contribution in [1.82, 2.24) is 9.80 Å². The van der Waals surface area contributed by atoms with Gasteiger partial charge in [0.05, 0.1) is 106 Å². The standard InChI is InChI=1S/C45H66N2O11/c1-34-24-37(30-39-26-35(2)28-41(44(39)49)32-46-4-8-51-12-16-55-20-21-56-17-13-52-9-5-46)43(48)38(25-34)31-40-27-36(3)29-42(45(40)50)33-47-6-10-53-14-18-57-22-23-58-19-15-54-11-7-47/h24-29,48-50H,4-23,30-33H2,1-3H3. The predicted octanol–water partition coefficient (Wildman–Crippen LogP) is 4.67. The van der Waals surface area contributed by atoms with E-state index >= 15 is 0 Å². The van der Waals surface area contributed by atoms with Gasteiger partial charge in [-0.1, -0.05) is 53.1 Å². The Morgan fingerprint density at radius 3 is 0.810 bits per heavy atom. The minimum absolute atomic E-state index is 0.163. The third-order valence-electron chi connectivity index (χ3n) is 10.2. The van der Waals surface area contributed by atoms with Crippen LogP contribution >= 0.6 is 0 Å². The molecular weight excluding hydrogens is 744 g/mol. The molecule has 322 valence electrons. The summed E-state index contributed by atoms with van der Waals surface area (Å²) in [6.07, 6.45) is 0.686. The number of phenolic OH excluding ortho intramolecular Hbond substituents is 3. The van der Waals surface area contributed by atoms with E-state index in [0.29, 0.717) is 169 Å². The van der Waals surface area contributed by atoms with Gasteiger partial charge in [0.1, 0.15) is 17.2 Å². The van der Waals surface area contributed by atoms with Gasteiger partial charge in [0.25, 0.3) is 0 Å². The maximum atomic E-state index is 11.8. The Kier molecular flexibility index (Phi) is 20.0. The summed E-state index contributed by atoms with van der Waals surface area (Å²) >= 11 is 0. The number of benzene rings is 3. The summed E-state index contributed by atoms with van der Waals surface area (Å²) in [6, 6.07) is 11.9. The molecule has 3 N–H and O–H groups in total. The van der Waals surface area contributed by atoms with Gasteiger partial charge in [-0.2, -0.15) is 0 Å². The lowest BCUT2D eigenvalue weighted by molar-refractivity contribution is 0.00206. The third-order valence-corrected chi connectivity index (χ3v) is 10.2. The van der Waals surface area contributed by atoms with Crippen molar-refractivity contribution in [2.45, 2.75) is 46.7 Å². The molecule has 2 fully saturated rings. The molecule has 0 unspecified atom stereocenters. The molecule has 0 saturated carbocycles. The number of hydrogen-bond acceptors (Lipinski definition) is 13. The summed E-state index contributed by atoms with van der Waals surface area (Å²) < 4.78 is 45.6. The van der Waals surface area contributed by atoms with Gasteiger partial charge in [-0.15, -0.1) is 0 Å². The van der Waals surface area contributed by atoms with Crippen molar-refractivity contribution in [3.05, 3.63) is 86.5 Å². The molecule has 13 heteroatoms. The van der Waals surface area contributed by atoms with Crippen molar-refractivity contribution in [2.24, 2.45) is 0 Å². The summed E-state index contributed by atoms with van der Waals surface area (Å²) in [7, 11) is 0. The van der Waals surface area contributed by atoms with E-state index in [2.05, 4.69) is 9.80 Å². The highest BCUT2D eigenvalue weighted by Gasteiger charge is 2.19. The molecule has 2 aliphatic heterocycles. The highest BCUT2D eigenvalue weighted by atomic mass is 16.6. The van der Waals surface area contributed by atoms with E-state index in [1.165, 1.54) is 0 Å². The van der Waals surface area contributed by atoms with E-state index in [0.717, 1.165) is 38.9 Å². The molecule has 0 aliphatic carbocycles. The van der Waals surface area contributed by atoms with Crippen LogP contribution in [0.2, 0.25) is 0 Å². The Balaban J connectivity index is 1.29. The van der Waals surface area contributed by atoms with Crippen LogP contribution in [0.1, 0.15) is 50.1 Å². The van der Waals surface area contributed by atoms with Gasteiger partial charge in [-0.05, 0) is 43.0 Å². The van der Waals surface area contributed by atoms with Gasteiger partial charge >= 0.3 is 0 Å². The van der Waals surface area contributed by atoms with E-state index in [-0.39, 0.29) is 17.2 Å². The van der Waals surface area contributed by atoms with Crippen molar-refractivity contribution in [1.29, 1.82) is 0 Å². The van der Waals surface area contributed by atoms with E-state index in [1.54, 1.807) is 0 Å². The van der Waals surface area contributed by atoms with Crippen LogP contribution in [0, 0.1) is 20.8 Å². The zero-order valence-corrected chi connectivity index (χ0v) is 34.9. The average Bonchev–Trinajstić information content (AvgIpc) is 3.21. The van der Waals surface area contributed by atoms with Gasteiger partial charge in [0.2, 0.25) is 0 Å². The summed E-state index contributed by atoms with van der Waals surface area (Å²) in [5.74, 6) is 0.597. The molecule has 13 nitrogen and oxygen atoms in total. The maximum Gasteiger partial charge on any atom is 0.123 e. The van der Waals surface area contributed by atoms with E-state index in [4.69, 9.17) is 37.9 Å². The molecule has 0 aromatic heterocycles. The van der Waals surface area contributed by atoms with Crippen LogP contribution in [-0.2, 0) is 63.8 Å². The van der Waals surface area contributed by atoms with Gasteiger partial charge in [0.15, 0.2) is 0 Å². The van der Waals surface area contributed by atoms with E-state index in [9.17, 15) is 15.3 Å². The number of aromatic hydroxyl groups is 3. The van der Waals surface area contributed by atoms with E-state index in [1.807, 2.05) is 57.2 Å². The lowest BCUT2D eigenvalue weighted by Gasteiger charge is -2.24. The first kappa shape index (κ1) is 45.7. The van der Waals surface area contributed by atoms with Gasteiger partial charge in [-0.25, -0.2) is 0 Å². The fraction of sp³-hybridized carbons (Fsp3) is 0.600. The van der Waals surface area contributed by atoms with Crippen molar-refractivity contribution in [3.8, 4) is 17.2 Å². The van der Waals surface area contributed by atoms with Gasteiger partial charge in [0, 0.05) is 63.2 Å². The fourth-order valence-electron chi connectivity index (χ4n) is 7.31. The summed E-state index contributed by atoms with van der Waals surface area (Å²) in [5, 5.41) is 35.1. The van der Waals surface area contributed by atoms with Crippen molar-refractivity contribution in [2.75, 3.05) is 132 Å². The molecule has 0 bridgehead atoms. The Labute approximate surface area is 344 Å². The van der Waals surface area contributed by atoms with Crippen molar-refractivity contribution >= 4 is 0 Å². The Morgan fingerprint density at radius 2 is 0.552 bits per heavy atom. The lowest BCUT2D eigenvalue weighted by atomic mass is 9.92. The molecule has 0 radical (unpaired) electrons. The Bertz CT molecular complexity index is 1520.